The lowest BCUT2D eigenvalue weighted by Crippen LogP contribution is -2.45. The summed E-state index contributed by atoms with van der Waals surface area (Å²) in [7, 11) is 3.72. The van der Waals surface area contributed by atoms with Gasteiger partial charge in [-0.1, -0.05) is 0 Å². The van der Waals surface area contributed by atoms with E-state index in [4.69, 9.17) is 0 Å². The lowest BCUT2D eigenvalue weighted by atomic mass is 10.1. The van der Waals surface area contributed by atoms with Crippen molar-refractivity contribution in [1.29, 1.82) is 0 Å². The van der Waals surface area contributed by atoms with Crippen molar-refractivity contribution < 1.29 is 13.9 Å². The van der Waals surface area contributed by atoms with Crippen LogP contribution in [0.25, 0.3) is 0 Å². The Morgan fingerprint density at radius 3 is 2.61 bits per heavy atom. The highest BCUT2D eigenvalue weighted by Crippen LogP contribution is 2.10. The van der Waals surface area contributed by atoms with Gasteiger partial charge in [-0.2, -0.15) is 0 Å². The highest BCUT2D eigenvalue weighted by Gasteiger charge is 2.20. The molecule has 1 aromatic carbocycles. The summed E-state index contributed by atoms with van der Waals surface area (Å²) < 4.78 is 26.3. The first-order chi connectivity index (χ1) is 8.30. The Bertz CT molecular complexity index is 395. The Morgan fingerprint density at radius 1 is 1.33 bits per heavy atom. The monoisotopic (exact) mass is 258 g/mol. The van der Waals surface area contributed by atoms with E-state index in [1.54, 1.807) is 6.92 Å². The van der Waals surface area contributed by atoms with Crippen LogP contribution < -0.4 is 5.32 Å². The molecule has 0 saturated heterocycles. The smallest absolute Gasteiger partial charge is 0.127 e. The van der Waals surface area contributed by atoms with E-state index >= 15 is 0 Å². The van der Waals surface area contributed by atoms with Crippen molar-refractivity contribution in [3.8, 4) is 0 Å². The van der Waals surface area contributed by atoms with Crippen molar-refractivity contribution in [3.05, 3.63) is 35.4 Å². The Labute approximate surface area is 106 Å². The van der Waals surface area contributed by atoms with Gasteiger partial charge in [0.15, 0.2) is 0 Å². The van der Waals surface area contributed by atoms with Crippen molar-refractivity contribution in [2.24, 2.45) is 0 Å². The van der Waals surface area contributed by atoms with E-state index in [2.05, 4.69) is 5.32 Å². The minimum Gasteiger partial charge on any atom is -0.388 e. The fourth-order valence-electron chi connectivity index (χ4n) is 1.88. The summed E-state index contributed by atoms with van der Waals surface area (Å²) >= 11 is 0. The summed E-state index contributed by atoms with van der Waals surface area (Å²) in [6.07, 6.45) is 0. The first kappa shape index (κ1) is 15.0. The van der Waals surface area contributed by atoms with Crippen LogP contribution in [0.5, 0.6) is 0 Å². The third-order valence-corrected chi connectivity index (χ3v) is 2.49. The summed E-state index contributed by atoms with van der Waals surface area (Å²) in [5, 5.41) is 12.9. The van der Waals surface area contributed by atoms with Crippen LogP contribution in [0.4, 0.5) is 8.78 Å². The number of halogens is 2. The van der Waals surface area contributed by atoms with E-state index in [0.29, 0.717) is 13.1 Å². The number of nitrogens with zero attached hydrogens (tertiary/aromatic N) is 1. The van der Waals surface area contributed by atoms with Gasteiger partial charge in [0.2, 0.25) is 0 Å². The molecule has 2 N–H and O–H groups in total. The van der Waals surface area contributed by atoms with Crippen molar-refractivity contribution in [2.75, 3.05) is 27.2 Å². The number of nitrogens with one attached hydrogen (secondary N) is 1. The standard InChI is InChI=1S/C13H20F2N2O/c1-13(18,9-17(2)3)8-16-7-10-6-11(14)4-5-12(10)15/h4-6,16,18H,7-9H2,1-3H3. The highest BCUT2D eigenvalue weighted by molar-refractivity contribution is 5.18. The van der Waals surface area contributed by atoms with Crippen molar-refractivity contribution in [1.82, 2.24) is 10.2 Å². The molecule has 0 aromatic heterocycles. The molecular formula is C13H20F2N2O. The summed E-state index contributed by atoms with van der Waals surface area (Å²) in [5.41, 5.74) is -0.650. The molecule has 1 unspecified atom stereocenters. The molecule has 0 aliphatic heterocycles. The lowest BCUT2D eigenvalue weighted by molar-refractivity contribution is 0.0335. The number of aliphatic hydroxyl groups is 1. The summed E-state index contributed by atoms with van der Waals surface area (Å²) in [4.78, 5) is 1.87. The van der Waals surface area contributed by atoms with E-state index in [9.17, 15) is 13.9 Å². The topological polar surface area (TPSA) is 35.5 Å². The zero-order valence-corrected chi connectivity index (χ0v) is 11.0. The van der Waals surface area contributed by atoms with Crippen LogP contribution in [-0.2, 0) is 6.54 Å². The molecule has 3 nitrogen and oxygen atoms in total. The Balaban J connectivity index is 2.48. The minimum absolute atomic E-state index is 0.188. The van der Waals surface area contributed by atoms with Gasteiger partial charge in [-0.15, -0.1) is 0 Å². The fourth-order valence-corrected chi connectivity index (χ4v) is 1.88. The van der Waals surface area contributed by atoms with Gasteiger partial charge in [0.05, 0.1) is 5.60 Å². The molecule has 1 atom stereocenters. The van der Waals surface area contributed by atoms with Gasteiger partial charge in [-0.05, 0) is 39.2 Å². The largest absolute Gasteiger partial charge is 0.388 e. The normalized spacial score (nSPS) is 14.8. The second-order valence-corrected chi connectivity index (χ2v) is 5.07. The van der Waals surface area contributed by atoms with Crippen molar-refractivity contribution in [2.45, 2.75) is 19.1 Å². The molecule has 0 amide bonds. The first-order valence-electron chi connectivity index (χ1n) is 5.82. The summed E-state index contributed by atoms with van der Waals surface area (Å²) in [6, 6.07) is 3.34. The molecule has 0 saturated carbocycles. The maximum atomic E-state index is 13.3. The van der Waals surface area contributed by atoms with Gasteiger partial charge in [0.25, 0.3) is 0 Å². The zero-order valence-electron chi connectivity index (χ0n) is 11.0. The second-order valence-electron chi connectivity index (χ2n) is 5.07. The zero-order chi connectivity index (χ0) is 13.8. The molecule has 0 radical (unpaired) electrons. The number of benzene rings is 1. The summed E-state index contributed by atoms with van der Waals surface area (Å²) in [6.45, 7) is 2.68. The van der Waals surface area contributed by atoms with E-state index in [0.717, 1.165) is 18.2 Å². The molecule has 0 fully saturated rings. The average Bonchev–Trinajstić information content (AvgIpc) is 2.21. The Morgan fingerprint density at radius 2 is 2.00 bits per heavy atom. The van der Waals surface area contributed by atoms with Crippen LogP contribution in [0.1, 0.15) is 12.5 Å². The molecule has 0 heterocycles. The highest BCUT2D eigenvalue weighted by atomic mass is 19.1. The predicted octanol–water partition coefficient (Wildman–Crippen LogP) is 1.37. The van der Waals surface area contributed by atoms with Gasteiger partial charge in [-0.3, -0.25) is 0 Å². The quantitative estimate of drug-likeness (QED) is 0.809. The molecule has 0 spiro atoms. The van der Waals surface area contributed by atoms with Gasteiger partial charge in [0.1, 0.15) is 11.6 Å². The predicted molar refractivity (Wildman–Crippen MR) is 67.2 cm³/mol. The molecule has 0 bridgehead atoms. The molecule has 0 aliphatic carbocycles. The Kier molecular flexibility index (Phi) is 5.19. The van der Waals surface area contributed by atoms with E-state index in [-0.39, 0.29) is 12.1 Å². The molecule has 18 heavy (non-hydrogen) atoms. The second kappa shape index (κ2) is 6.22. The summed E-state index contributed by atoms with van der Waals surface area (Å²) in [5.74, 6) is -0.913. The molecule has 1 aromatic rings. The van der Waals surface area contributed by atoms with Gasteiger partial charge >= 0.3 is 0 Å². The van der Waals surface area contributed by atoms with Crippen LogP contribution in [0.15, 0.2) is 18.2 Å². The maximum Gasteiger partial charge on any atom is 0.127 e. The van der Waals surface area contributed by atoms with Crippen LogP contribution in [0.2, 0.25) is 0 Å². The van der Waals surface area contributed by atoms with Gasteiger partial charge < -0.3 is 15.3 Å². The number of hydrogen-bond acceptors (Lipinski definition) is 3. The SMILES string of the molecule is CN(C)CC(C)(O)CNCc1cc(F)ccc1F. The first-order valence-corrected chi connectivity index (χ1v) is 5.82. The van der Waals surface area contributed by atoms with E-state index in [1.165, 1.54) is 0 Å². The Hall–Kier alpha value is -1.04. The molecule has 5 heteroatoms. The van der Waals surface area contributed by atoms with Crippen molar-refractivity contribution in [3.63, 3.8) is 0 Å². The average molecular weight is 258 g/mol. The minimum atomic E-state index is -0.909. The molecule has 1 rings (SSSR count). The third-order valence-electron chi connectivity index (χ3n) is 2.49. The molecular weight excluding hydrogens is 238 g/mol. The molecule has 0 aliphatic rings. The van der Waals surface area contributed by atoms with Gasteiger partial charge in [0, 0.05) is 25.2 Å². The van der Waals surface area contributed by atoms with Crippen LogP contribution in [0.3, 0.4) is 0 Å². The van der Waals surface area contributed by atoms with Crippen molar-refractivity contribution >= 4 is 0 Å². The number of rotatable bonds is 6. The lowest BCUT2D eigenvalue weighted by Gasteiger charge is -2.27. The number of likely N-dealkylation sites (N-methyl/N-ethyl adjacent to an activating group) is 1. The maximum absolute atomic E-state index is 13.3. The number of hydrogen-bond donors (Lipinski definition) is 2. The van der Waals surface area contributed by atoms with E-state index in [1.807, 2.05) is 19.0 Å². The fraction of sp³-hybridized carbons (Fsp3) is 0.538. The van der Waals surface area contributed by atoms with Crippen LogP contribution in [-0.4, -0.2) is 42.8 Å². The van der Waals surface area contributed by atoms with Gasteiger partial charge in [-0.25, -0.2) is 8.78 Å². The van der Waals surface area contributed by atoms with E-state index < -0.39 is 17.2 Å². The molecule has 102 valence electrons. The van der Waals surface area contributed by atoms with Crippen LogP contribution >= 0.6 is 0 Å². The van der Waals surface area contributed by atoms with Crippen LogP contribution in [0, 0.1) is 11.6 Å². The third kappa shape index (κ3) is 5.08.